The average Bonchev–Trinajstić information content (AvgIpc) is 2.65. The smallest absolute Gasteiger partial charge is 0.0631 e. The highest BCUT2D eigenvalue weighted by Gasteiger charge is 2.41. The molecular formula is C17H26ClNO. The van der Waals surface area contributed by atoms with Gasteiger partial charge in [0.1, 0.15) is 0 Å². The van der Waals surface area contributed by atoms with E-state index in [9.17, 15) is 5.11 Å². The van der Waals surface area contributed by atoms with Gasteiger partial charge in [0.05, 0.1) is 6.10 Å². The lowest BCUT2D eigenvalue weighted by Crippen LogP contribution is -2.36. The summed E-state index contributed by atoms with van der Waals surface area (Å²) < 4.78 is 0. The Labute approximate surface area is 127 Å². The summed E-state index contributed by atoms with van der Waals surface area (Å²) in [6.07, 6.45) is 2.02. The third kappa shape index (κ3) is 3.36. The minimum Gasteiger partial charge on any atom is -0.392 e. The average molecular weight is 296 g/mol. The van der Waals surface area contributed by atoms with Crippen molar-refractivity contribution in [3.63, 3.8) is 0 Å². The summed E-state index contributed by atoms with van der Waals surface area (Å²) in [5, 5.41) is 11.2. The maximum absolute atomic E-state index is 10.4. The Morgan fingerprint density at radius 2 is 2.15 bits per heavy atom. The lowest BCUT2D eigenvalue weighted by molar-refractivity contribution is 0.0315. The number of halogens is 1. The molecular weight excluding hydrogens is 270 g/mol. The summed E-state index contributed by atoms with van der Waals surface area (Å²) in [7, 11) is 2.13. The molecule has 3 heteroatoms. The minimum atomic E-state index is -0.198. The first-order valence-corrected chi connectivity index (χ1v) is 7.83. The van der Waals surface area contributed by atoms with Crippen molar-refractivity contribution in [2.45, 2.75) is 45.8 Å². The summed E-state index contributed by atoms with van der Waals surface area (Å²) in [6.45, 7) is 7.45. The van der Waals surface area contributed by atoms with Gasteiger partial charge in [-0.1, -0.05) is 37.6 Å². The first-order valence-electron chi connectivity index (χ1n) is 7.45. The van der Waals surface area contributed by atoms with E-state index in [4.69, 9.17) is 11.6 Å². The van der Waals surface area contributed by atoms with Gasteiger partial charge in [-0.25, -0.2) is 0 Å². The molecule has 0 spiro atoms. The minimum absolute atomic E-state index is 0.0603. The van der Waals surface area contributed by atoms with Crippen LogP contribution >= 0.6 is 11.6 Å². The Morgan fingerprint density at radius 1 is 1.45 bits per heavy atom. The maximum atomic E-state index is 10.4. The van der Waals surface area contributed by atoms with Crippen LogP contribution in [0.15, 0.2) is 24.3 Å². The Hall–Kier alpha value is -0.570. The zero-order valence-corrected chi connectivity index (χ0v) is 13.7. The van der Waals surface area contributed by atoms with Crippen LogP contribution in [0.25, 0.3) is 0 Å². The van der Waals surface area contributed by atoms with Crippen molar-refractivity contribution in [1.82, 2.24) is 4.90 Å². The molecule has 0 aliphatic heterocycles. The second-order valence-corrected chi connectivity index (χ2v) is 7.34. The second-order valence-electron chi connectivity index (χ2n) is 6.90. The molecule has 20 heavy (non-hydrogen) atoms. The number of rotatable bonds is 4. The molecule has 0 heterocycles. The first kappa shape index (κ1) is 15.8. The normalized spacial score (nSPS) is 26.9. The second kappa shape index (κ2) is 6.05. The SMILES string of the molecule is CC(c1cccc(Cl)c1)N(C)CC1CCC(C)(C)C1O. The number of aliphatic hydroxyl groups excluding tert-OH is 1. The molecule has 112 valence electrons. The van der Waals surface area contributed by atoms with E-state index >= 15 is 0 Å². The lowest BCUT2D eigenvalue weighted by Gasteiger charge is -2.31. The number of hydrogen-bond acceptors (Lipinski definition) is 2. The number of benzene rings is 1. The highest BCUT2D eigenvalue weighted by atomic mass is 35.5. The summed E-state index contributed by atoms with van der Waals surface area (Å²) in [5.74, 6) is 0.372. The number of hydrogen-bond donors (Lipinski definition) is 1. The molecule has 1 aromatic carbocycles. The standard InChI is InChI=1S/C17H26ClNO/c1-12(13-6-5-7-15(18)10-13)19(4)11-14-8-9-17(2,3)16(14)20/h5-7,10,12,14,16,20H,8-9,11H2,1-4H3. The van der Waals surface area contributed by atoms with Crippen molar-refractivity contribution in [2.24, 2.45) is 11.3 Å². The van der Waals surface area contributed by atoms with E-state index in [0.717, 1.165) is 24.4 Å². The van der Waals surface area contributed by atoms with Crippen molar-refractivity contribution in [2.75, 3.05) is 13.6 Å². The van der Waals surface area contributed by atoms with Crippen LogP contribution in [-0.2, 0) is 0 Å². The van der Waals surface area contributed by atoms with Crippen LogP contribution in [0.4, 0.5) is 0 Å². The van der Waals surface area contributed by atoms with Crippen molar-refractivity contribution in [3.05, 3.63) is 34.9 Å². The molecule has 2 rings (SSSR count). The molecule has 1 N–H and O–H groups in total. The molecule has 1 aliphatic rings. The Kier molecular flexibility index (Phi) is 4.78. The van der Waals surface area contributed by atoms with Gasteiger partial charge in [0.15, 0.2) is 0 Å². The third-order valence-electron chi connectivity index (χ3n) is 4.92. The highest BCUT2D eigenvalue weighted by Crippen LogP contribution is 2.42. The van der Waals surface area contributed by atoms with Gasteiger partial charge < -0.3 is 5.11 Å². The number of aliphatic hydroxyl groups is 1. The zero-order valence-electron chi connectivity index (χ0n) is 12.9. The van der Waals surface area contributed by atoms with Gasteiger partial charge >= 0.3 is 0 Å². The van der Waals surface area contributed by atoms with Crippen molar-refractivity contribution in [3.8, 4) is 0 Å². The molecule has 3 unspecified atom stereocenters. The van der Waals surface area contributed by atoms with Crippen LogP contribution in [-0.4, -0.2) is 29.7 Å². The van der Waals surface area contributed by atoms with Crippen LogP contribution in [0.3, 0.4) is 0 Å². The van der Waals surface area contributed by atoms with E-state index in [-0.39, 0.29) is 11.5 Å². The Morgan fingerprint density at radius 3 is 2.70 bits per heavy atom. The van der Waals surface area contributed by atoms with E-state index in [0.29, 0.717) is 12.0 Å². The van der Waals surface area contributed by atoms with Crippen molar-refractivity contribution < 1.29 is 5.11 Å². The van der Waals surface area contributed by atoms with E-state index in [2.05, 4.69) is 38.8 Å². The quantitative estimate of drug-likeness (QED) is 0.903. The number of nitrogens with zero attached hydrogens (tertiary/aromatic N) is 1. The Balaban J connectivity index is 2.00. The molecule has 1 aromatic rings. The molecule has 3 atom stereocenters. The first-order chi connectivity index (χ1) is 9.31. The maximum Gasteiger partial charge on any atom is 0.0631 e. The largest absolute Gasteiger partial charge is 0.392 e. The van der Waals surface area contributed by atoms with E-state index in [1.165, 1.54) is 5.56 Å². The predicted octanol–water partition coefficient (Wildman–Crippen LogP) is 4.13. The summed E-state index contributed by atoms with van der Waals surface area (Å²) in [4.78, 5) is 2.32. The fraction of sp³-hybridized carbons (Fsp3) is 0.647. The topological polar surface area (TPSA) is 23.5 Å². The monoisotopic (exact) mass is 295 g/mol. The van der Waals surface area contributed by atoms with Crippen molar-refractivity contribution in [1.29, 1.82) is 0 Å². The van der Waals surface area contributed by atoms with Crippen LogP contribution in [0, 0.1) is 11.3 Å². The molecule has 1 fully saturated rings. The molecule has 2 nitrogen and oxygen atoms in total. The molecule has 0 saturated heterocycles. The van der Waals surface area contributed by atoms with Crippen LogP contribution in [0.1, 0.15) is 45.2 Å². The highest BCUT2D eigenvalue weighted by molar-refractivity contribution is 6.30. The molecule has 0 amide bonds. The van der Waals surface area contributed by atoms with Gasteiger partial charge in [-0.15, -0.1) is 0 Å². The van der Waals surface area contributed by atoms with E-state index < -0.39 is 0 Å². The van der Waals surface area contributed by atoms with Gasteiger partial charge in [0.25, 0.3) is 0 Å². The van der Waals surface area contributed by atoms with Gasteiger partial charge in [0.2, 0.25) is 0 Å². The molecule has 0 aromatic heterocycles. The molecule has 0 radical (unpaired) electrons. The van der Waals surface area contributed by atoms with Gasteiger partial charge in [0, 0.05) is 17.6 Å². The predicted molar refractivity (Wildman–Crippen MR) is 85.0 cm³/mol. The lowest BCUT2D eigenvalue weighted by atomic mass is 9.87. The third-order valence-corrected chi connectivity index (χ3v) is 5.16. The van der Waals surface area contributed by atoms with E-state index in [1.54, 1.807) is 0 Å². The molecule has 1 aliphatic carbocycles. The van der Waals surface area contributed by atoms with Crippen molar-refractivity contribution >= 4 is 11.6 Å². The summed E-state index contributed by atoms with van der Waals surface area (Å²) >= 11 is 6.07. The fourth-order valence-electron chi connectivity index (χ4n) is 3.24. The van der Waals surface area contributed by atoms with Crippen LogP contribution in [0.2, 0.25) is 5.02 Å². The molecule has 1 saturated carbocycles. The van der Waals surface area contributed by atoms with Gasteiger partial charge in [-0.2, -0.15) is 0 Å². The fourth-order valence-corrected chi connectivity index (χ4v) is 3.44. The van der Waals surface area contributed by atoms with Gasteiger partial charge in [-0.3, -0.25) is 4.90 Å². The van der Waals surface area contributed by atoms with Crippen LogP contribution in [0.5, 0.6) is 0 Å². The summed E-state index contributed by atoms with van der Waals surface area (Å²) in [6, 6.07) is 8.35. The van der Waals surface area contributed by atoms with Crippen LogP contribution < -0.4 is 0 Å². The Bertz CT molecular complexity index is 460. The summed E-state index contributed by atoms with van der Waals surface area (Å²) in [5.41, 5.74) is 1.29. The van der Waals surface area contributed by atoms with E-state index in [1.807, 2.05) is 18.2 Å². The molecule has 0 bridgehead atoms. The van der Waals surface area contributed by atoms with Gasteiger partial charge in [-0.05, 0) is 55.8 Å². The zero-order chi connectivity index (χ0) is 14.9.